The first-order valence-corrected chi connectivity index (χ1v) is 8.39. The van der Waals surface area contributed by atoms with Crippen molar-refractivity contribution in [3.05, 3.63) is 63.9 Å². The second-order valence-corrected chi connectivity index (χ2v) is 5.88. The van der Waals surface area contributed by atoms with E-state index in [4.69, 9.17) is 14.2 Å². The lowest BCUT2D eigenvalue weighted by atomic mass is 10.0. The number of nitrogens with zero attached hydrogens (tertiary/aromatic N) is 1. The predicted molar refractivity (Wildman–Crippen MR) is 97.3 cm³/mol. The van der Waals surface area contributed by atoms with Gasteiger partial charge in [0.15, 0.2) is 11.5 Å². The second-order valence-electron chi connectivity index (χ2n) is 5.88. The lowest BCUT2D eigenvalue weighted by Gasteiger charge is -2.21. The summed E-state index contributed by atoms with van der Waals surface area (Å²) < 4.78 is 16.8. The van der Waals surface area contributed by atoms with Crippen molar-refractivity contribution in [2.24, 2.45) is 0 Å². The number of hydrogen-bond donors (Lipinski definition) is 1. The van der Waals surface area contributed by atoms with Crippen LogP contribution in [0.15, 0.2) is 47.3 Å². The van der Waals surface area contributed by atoms with E-state index in [1.165, 1.54) is 0 Å². The topological polar surface area (TPSA) is 73.4 Å². The number of H-pyrrole nitrogens is 1. The number of aromatic nitrogens is 2. The number of fused-ring (bicyclic) bond motifs is 2. The van der Waals surface area contributed by atoms with Gasteiger partial charge in [0, 0.05) is 17.5 Å². The average Bonchev–Trinajstić information content (AvgIpc) is 2.67. The van der Waals surface area contributed by atoms with Crippen molar-refractivity contribution >= 4 is 0 Å². The summed E-state index contributed by atoms with van der Waals surface area (Å²) in [6.07, 6.45) is 0.455. The fourth-order valence-electron chi connectivity index (χ4n) is 2.98. The molecular formula is C20H18N2O4. The Labute approximate surface area is 150 Å². The molecule has 6 nitrogen and oxygen atoms in total. The molecule has 0 fully saturated rings. The minimum absolute atomic E-state index is 0.201. The van der Waals surface area contributed by atoms with Gasteiger partial charge in [-0.15, -0.1) is 0 Å². The van der Waals surface area contributed by atoms with E-state index in [9.17, 15) is 4.79 Å². The van der Waals surface area contributed by atoms with Gasteiger partial charge in [0.1, 0.15) is 11.6 Å². The molecule has 0 saturated carbocycles. The highest BCUT2D eigenvalue weighted by Gasteiger charge is 2.25. The summed E-state index contributed by atoms with van der Waals surface area (Å²) in [6, 6.07) is 13.0. The van der Waals surface area contributed by atoms with Crippen molar-refractivity contribution in [3.8, 4) is 34.5 Å². The maximum Gasteiger partial charge on any atom is 0.258 e. The van der Waals surface area contributed by atoms with Crippen molar-refractivity contribution in [1.29, 1.82) is 0 Å². The van der Waals surface area contributed by atoms with Gasteiger partial charge in [0.2, 0.25) is 5.88 Å². The zero-order chi connectivity index (χ0) is 18.1. The standard InChI is InChI=1S/C20H18N2O4/c1-3-25-16-6-4-5-13-11-15-19(23)21-18(22-20(15)26-17(13)16)12-7-9-14(24-2)10-8-12/h4-10H,3,11H2,1-2H3,(H,21,22,23). The number of hydrogen-bond acceptors (Lipinski definition) is 5. The smallest absolute Gasteiger partial charge is 0.258 e. The Hall–Kier alpha value is -3.28. The molecule has 3 aromatic rings. The van der Waals surface area contributed by atoms with Gasteiger partial charge in [-0.1, -0.05) is 12.1 Å². The van der Waals surface area contributed by atoms with Gasteiger partial charge in [-0.25, -0.2) is 0 Å². The van der Waals surface area contributed by atoms with E-state index in [-0.39, 0.29) is 5.56 Å². The van der Waals surface area contributed by atoms with E-state index in [1.54, 1.807) is 7.11 Å². The monoisotopic (exact) mass is 350 g/mol. The van der Waals surface area contributed by atoms with Crippen LogP contribution in [-0.4, -0.2) is 23.7 Å². The van der Waals surface area contributed by atoms with Crippen molar-refractivity contribution in [2.45, 2.75) is 13.3 Å². The van der Waals surface area contributed by atoms with Gasteiger partial charge in [-0.05, 0) is 37.3 Å². The molecule has 0 spiro atoms. The first-order valence-electron chi connectivity index (χ1n) is 8.39. The molecule has 2 heterocycles. The molecule has 132 valence electrons. The third-order valence-corrected chi connectivity index (χ3v) is 4.27. The molecule has 0 aliphatic carbocycles. The molecule has 1 aromatic heterocycles. The molecule has 0 radical (unpaired) electrons. The zero-order valence-electron chi connectivity index (χ0n) is 14.5. The van der Waals surface area contributed by atoms with Crippen LogP contribution in [0.25, 0.3) is 11.4 Å². The molecule has 6 heteroatoms. The highest BCUT2D eigenvalue weighted by atomic mass is 16.5. The van der Waals surface area contributed by atoms with E-state index < -0.39 is 0 Å². The molecule has 1 N–H and O–H groups in total. The van der Waals surface area contributed by atoms with Gasteiger partial charge in [0.25, 0.3) is 5.56 Å². The minimum Gasteiger partial charge on any atom is -0.497 e. The lowest BCUT2D eigenvalue weighted by molar-refractivity contribution is 0.315. The second kappa shape index (κ2) is 6.55. The van der Waals surface area contributed by atoms with Gasteiger partial charge >= 0.3 is 0 Å². The van der Waals surface area contributed by atoms with Crippen LogP contribution in [0.3, 0.4) is 0 Å². The largest absolute Gasteiger partial charge is 0.497 e. The molecule has 0 saturated heterocycles. The van der Waals surface area contributed by atoms with E-state index in [2.05, 4.69) is 9.97 Å². The molecule has 4 rings (SSSR count). The maximum absolute atomic E-state index is 12.6. The van der Waals surface area contributed by atoms with Gasteiger partial charge in [0.05, 0.1) is 19.3 Å². The molecule has 0 unspecified atom stereocenters. The van der Waals surface area contributed by atoms with Crippen LogP contribution in [0.1, 0.15) is 18.1 Å². The summed E-state index contributed by atoms with van der Waals surface area (Å²) in [5, 5.41) is 0. The molecule has 0 bridgehead atoms. The first-order chi connectivity index (χ1) is 12.7. The first kappa shape index (κ1) is 16.2. The number of para-hydroxylation sites is 1. The zero-order valence-corrected chi connectivity index (χ0v) is 14.5. The third-order valence-electron chi connectivity index (χ3n) is 4.27. The van der Waals surface area contributed by atoms with Crippen LogP contribution in [0.5, 0.6) is 23.1 Å². The highest BCUT2D eigenvalue weighted by Crippen LogP contribution is 2.40. The number of benzene rings is 2. The summed E-state index contributed by atoms with van der Waals surface area (Å²) >= 11 is 0. The summed E-state index contributed by atoms with van der Waals surface area (Å²) in [5.41, 5.74) is 2.00. The Balaban J connectivity index is 1.76. The van der Waals surface area contributed by atoms with Crippen molar-refractivity contribution in [1.82, 2.24) is 9.97 Å². The van der Waals surface area contributed by atoms with Crippen LogP contribution in [0, 0.1) is 0 Å². The minimum atomic E-state index is -0.201. The number of nitrogens with one attached hydrogen (secondary N) is 1. The molecule has 26 heavy (non-hydrogen) atoms. The Kier molecular flexibility index (Phi) is 4.08. The third kappa shape index (κ3) is 2.79. The average molecular weight is 350 g/mol. The Morgan fingerprint density at radius 2 is 2.00 bits per heavy atom. The molecule has 1 aliphatic heterocycles. The summed E-state index contributed by atoms with van der Waals surface area (Å²) in [4.78, 5) is 19.9. The number of ether oxygens (including phenoxy) is 3. The van der Waals surface area contributed by atoms with E-state index in [0.717, 1.165) is 16.9 Å². The number of methoxy groups -OCH3 is 1. The van der Waals surface area contributed by atoms with Crippen molar-refractivity contribution < 1.29 is 14.2 Å². The number of rotatable bonds is 4. The summed E-state index contributed by atoms with van der Waals surface area (Å²) in [7, 11) is 1.61. The normalized spacial score (nSPS) is 11.9. The Morgan fingerprint density at radius 1 is 1.19 bits per heavy atom. The predicted octanol–water partition coefficient (Wildman–Crippen LogP) is 3.54. The van der Waals surface area contributed by atoms with Crippen molar-refractivity contribution in [2.75, 3.05) is 13.7 Å². The highest BCUT2D eigenvalue weighted by molar-refractivity contribution is 5.59. The van der Waals surface area contributed by atoms with Gasteiger partial charge < -0.3 is 19.2 Å². The number of aromatic amines is 1. The van der Waals surface area contributed by atoms with Gasteiger partial charge in [-0.2, -0.15) is 4.98 Å². The molecule has 0 amide bonds. The Bertz CT molecular complexity index is 1010. The quantitative estimate of drug-likeness (QED) is 0.609. The fraction of sp³-hybridized carbons (Fsp3) is 0.200. The SMILES string of the molecule is CCOc1cccc2c1Oc1nc(-c3ccc(OC)cc3)[nH]c(=O)c1C2. The molecule has 1 aliphatic rings. The van der Waals surface area contributed by atoms with E-state index in [0.29, 0.717) is 41.8 Å². The van der Waals surface area contributed by atoms with Crippen LogP contribution in [0.4, 0.5) is 0 Å². The molecular weight excluding hydrogens is 332 g/mol. The van der Waals surface area contributed by atoms with Gasteiger partial charge in [-0.3, -0.25) is 4.79 Å². The lowest BCUT2D eigenvalue weighted by Crippen LogP contribution is -2.20. The van der Waals surface area contributed by atoms with E-state index in [1.807, 2.05) is 49.4 Å². The van der Waals surface area contributed by atoms with Crippen molar-refractivity contribution in [3.63, 3.8) is 0 Å². The van der Waals surface area contributed by atoms with Crippen LogP contribution >= 0.6 is 0 Å². The fourth-order valence-corrected chi connectivity index (χ4v) is 2.98. The van der Waals surface area contributed by atoms with Crippen LogP contribution in [-0.2, 0) is 6.42 Å². The van der Waals surface area contributed by atoms with Crippen LogP contribution < -0.4 is 19.8 Å². The summed E-state index contributed by atoms with van der Waals surface area (Å²) in [5.74, 6) is 2.79. The summed E-state index contributed by atoms with van der Waals surface area (Å²) in [6.45, 7) is 2.45. The Morgan fingerprint density at radius 3 is 2.73 bits per heavy atom. The maximum atomic E-state index is 12.6. The molecule has 2 aromatic carbocycles. The molecule has 0 atom stereocenters. The van der Waals surface area contributed by atoms with Crippen LogP contribution in [0.2, 0.25) is 0 Å². The van der Waals surface area contributed by atoms with E-state index >= 15 is 0 Å².